The Kier molecular flexibility index (Phi) is 4.70. The van der Waals surface area contributed by atoms with Crippen LogP contribution in [0.1, 0.15) is 28.0 Å². The Labute approximate surface area is 181 Å². The summed E-state index contributed by atoms with van der Waals surface area (Å²) in [6.45, 7) is 2.99. The molecule has 1 aliphatic rings. The van der Waals surface area contributed by atoms with Gasteiger partial charge in [0.15, 0.2) is 0 Å². The van der Waals surface area contributed by atoms with Gasteiger partial charge in [-0.25, -0.2) is 4.98 Å². The second kappa shape index (κ2) is 7.54. The number of carbonyl (C=O) groups is 1. The maximum absolute atomic E-state index is 12.4. The van der Waals surface area contributed by atoms with Crippen LogP contribution in [0.5, 0.6) is 0 Å². The molecule has 0 saturated carbocycles. The number of hydrogen-bond acceptors (Lipinski definition) is 4. The van der Waals surface area contributed by atoms with Gasteiger partial charge in [0.05, 0.1) is 5.69 Å². The number of nitrogens with one attached hydrogen (secondary N) is 1. The summed E-state index contributed by atoms with van der Waals surface area (Å²) < 4.78 is 1.83. The monoisotopic (exact) mass is 411 g/mol. The lowest BCUT2D eigenvalue weighted by Crippen LogP contribution is -2.27. The molecule has 1 amide bonds. The van der Waals surface area contributed by atoms with E-state index in [1.54, 1.807) is 7.05 Å². The summed E-state index contributed by atoms with van der Waals surface area (Å²) in [5.41, 5.74) is 6.22. The molecule has 6 nitrogen and oxygen atoms in total. The normalized spacial score (nSPS) is 13.3. The maximum Gasteiger partial charge on any atom is 0.269 e. The molecule has 2 aromatic heterocycles. The third kappa shape index (κ3) is 3.34. The second-order valence-corrected chi connectivity index (χ2v) is 8.06. The van der Waals surface area contributed by atoms with E-state index in [0.717, 1.165) is 52.9 Å². The van der Waals surface area contributed by atoms with Gasteiger partial charge in [-0.3, -0.25) is 9.48 Å². The van der Waals surface area contributed by atoms with Gasteiger partial charge in [-0.1, -0.05) is 24.3 Å². The number of carbonyl (C=O) groups excluding carboxylic acids is 1. The molecule has 0 aliphatic carbocycles. The molecule has 156 valence electrons. The fourth-order valence-electron chi connectivity index (χ4n) is 4.42. The third-order valence-corrected chi connectivity index (χ3v) is 5.97. The number of aryl methyl sites for hydroxylation is 3. The molecule has 0 saturated heterocycles. The van der Waals surface area contributed by atoms with Crippen molar-refractivity contribution >= 4 is 28.2 Å². The number of aromatic nitrogens is 3. The fraction of sp³-hybridized carbons (Fsp3) is 0.240. The van der Waals surface area contributed by atoms with Crippen molar-refractivity contribution in [3.63, 3.8) is 0 Å². The highest BCUT2D eigenvalue weighted by Gasteiger charge is 2.24. The summed E-state index contributed by atoms with van der Waals surface area (Å²) >= 11 is 0. The summed E-state index contributed by atoms with van der Waals surface area (Å²) in [6, 6.07) is 16.5. The van der Waals surface area contributed by atoms with Crippen LogP contribution in [0.15, 0.2) is 54.7 Å². The Morgan fingerprint density at radius 2 is 1.97 bits per heavy atom. The lowest BCUT2D eigenvalue weighted by molar-refractivity contribution is 0.0958. The fourth-order valence-corrected chi connectivity index (χ4v) is 4.42. The topological polar surface area (TPSA) is 63.1 Å². The van der Waals surface area contributed by atoms with Crippen LogP contribution in [0.2, 0.25) is 0 Å². The highest BCUT2D eigenvalue weighted by Crippen LogP contribution is 2.39. The van der Waals surface area contributed by atoms with Gasteiger partial charge in [0.2, 0.25) is 0 Å². The van der Waals surface area contributed by atoms with Crippen LogP contribution in [0.4, 0.5) is 11.5 Å². The Morgan fingerprint density at radius 1 is 1.13 bits per heavy atom. The standard InChI is InChI=1S/C25H25N5O/c1-16-13-23-18(14-20(16)21-10-12-29(3)28-21)8-6-11-30(23)24-19-9-5-4-7-17(19)15-22(27-24)25(31)26-2/h4-5,7,9-10,12-15H,6,8,11H2,1-3H3,(H,26,31). The number of amides is 1. The zero-order valence-corrected chi connectivity index (χ0v) is 18.0. The molecule has 2 aromatic carbocycles. The van der Waals surface area contributed by atoms with E-state index in [1.807, 2.05) is 42.2 Å². The molecule has 3 heterocycles. The van der Waals surface area contributed by atoms with Crippen molar-refractivity contribution in [3.8, 4) is 11.3 Å². The first-order valence-corrected chi connectivity index (χ1v) is 10.6. The van der Waals surface area contributed by atoms with Crippen molar-refractivity contribution < 1.29 is 4.79 Å². The summed E-state index contributed by atoms with van der Waals surface area (Å²) in [6.07, 6.45) is 4.01. The van der Waals surface area contributed by atoms with Gasteiger partial charge < -0.3 is 10.2 Å². The van der Waals surface area contributed by atoms with Crippen molar-refractivity contribution in [1.29, 1.82) is 0 Å². The van der Waals surface area contributed by atoms with E-state index in [9.17, 15) is 4.79 Å². The third-order valence-electron chi connectivity index (χ3n) is 5.97. The highest BCUT2D eigenvalue weighted by atomic mass is 16.1. The molecule has 0 bridgehead atoms. The summed E-state index contributed by atoms with van der Waals surface area (Å²) in [7, 11) is 3.58. The molecule has 1 aliphatic heterocycles. The SMILES string of the molecule is CNC(=O)c1cc2ccccc2c(N2CCCc3cc(-c4ccn(C)n4)c(C)cc32)n1. The van der Waals surface area contributed by atoms with Crippen molar-refractivity contribution in [2.75, 3.05) is 18.5 Å². The molecule has 1 N–H and O–H groups in total. The number of rotatable bonds is 3. The Morgan fingerprint density at radius 3 is 2.74 bits per heavy atom. The molecule has 0 unspecified atom stereocenters. The van der Waals surface area contributed by atoms with Crippen LogP contribution in [0.3, 0.4) is 0 Å². The molecule has 6 heteroatoms. The highest BCUT2D eigenvalue weighted by molar-refractivity contribution is 6.01. The molecular weight excluding hydrogens is 386 g/mol. The average Bonchev–Trinajstić information content (AvgIpc) is 3.23. The summed E-state index contributed by atoms with van der Waals surface area (Å²) in [4.78, 5) is 19.5. The largest absolute Gasteiger partial charge is 0.354 e. The summed E-state index contributed by atoms with van der Waals surface area (Å²) in [5.74, 6) is 0.661. The zero-order chi connectivity index (χ0) is 21.5. The van der Waals surface area contributed by atoms with Crippen LogP contribution in [-0.4, -0.2) is 34.3 Å². The Hall–Kier alpha value is -3.67. The van der Waals surface area contributed by atoms with Crippen molar-refractivity contribution in [2.24, 2.45) is 7.05 Å². The minimum absolute atomic E-state index is 0.175. The van der Waals surface area contributed by atoms with E-state index in [1.165, 1.54) is 11.1 Å². The maximum atomic E-state index is 12.4. The van der Waals surface area contributed by atoms with Gasteiger partial charge >= 0.3 is 0 Å². The van der Waals surface area contributed by atoms with E-state index in [2.05, 4.69) is 46.5 Å². The van der Waals surface area contributed by atoms with Gasteiger partial charge in [-0.15, -0.1) is 0 Å². The van der Waals surface area contributed by atoms with Gasteiger partial charge in [-0.2, -0.15) is 5.10 Å². The van der Waals surface area contributed by atoms with Crippen molar-refractivity contribution in [3.05, 3.63) is 71.5 Å². The van der Waals surface area contributed by atoms with Crippen molar-refractivity contribution in [2.45, 2.75) is 19.8 Å². The van der Waals surface area contributed by atoms with Gasteiger partial charge in [-0.05, 0) is 60.5 Å². The van der Waals surface area contributed by atoms with Crippen LogP contribution >= 0.6 is 0 Å². The molecule has 0 fully saturated rings. The molecule has 0 atom stereocenters. The van der Waals surface area contributed by atoms with E-state index < -0.39 is 0 Å². The van der Waals surface area contributed by atoms with Crippen LogP contribution in [0.25, 0.3) is 22.0 Å². The number of nitrogens with zero attached hydrogens (tertiary/aromatic N) is 4. The van der Waals surface area contributed by atoms with Crippen molar-refractivity contribution in [1.82, 2.24) is 20.1 Å². The van der Waals surface area contributed by atoms with E-state index in [0.29, 0.717) is 5.69 Å². The van der Waals surface area contributed by atoms with Crippen LogP contribution < -0.4 is 10.2 Å². The predicted octanol–water partition coefficient (Wildman–Crippen LogP) is 4.39. The first kappa shape index (κ1) is 19.3. The smallest absolute Gasteiger partial charge is 0.269 e. The van der Waals surface area contributed by atoms with Crippen LogP contribution in [-0.2, 0) is 13.5 Å². The first-order valence-electron chi connectivity index (χ1n) is 10.6. The quantitative estimate of drug-likeness (QED) is 0.543. The van der Waals surface area contributed by atoms with E-state index in [4.69, 9.17) is 4.98 Å². The van der Waals surface area contributed by atoms with Gasteiger partial charge in [0.25, 0.3) is 5.91 Å². The van der Waals surface area contributed by atoms with E-state index in [-0.39, 0.29) is 5.91 Å². The Balaban J connectivity index is 1.68. The average molecular weight is 412 g/mol. The number of pyridine rings is 1. The predicted molar refractivity (Wildman–Crippen MR) is 124 cm³/mol. The number of fused-ring (bicyclic) bond motifs is 2. The first-order chi connectivity index (χ1) is 15.0. The van der Waals surface area contributed by atoms with Gasteiger partial charge in [0, 0.05) is 43.5 Å². The Bertz CT molecular complexity index is 1310. The lowest BCUT2D eigenvalue weighted by atomic mass is 9.94. The zero-order valence-electron chi connectivity index (χ0n) is 18.0. The van der Waals surface area contributed by atoms with Gasteiger partial charge in [0.1, 0.15) is 11.5 Å². The minimum Gasteiger partial charge on any atom is -0.354 e. The molecule has 31 heavy (non-hydrogen) atoms. The van der Waals surface area contributed by atoms with E-state index >= 15 is 0 Å². The van der Waals surface area contributed by atoms with Crippen LogP contribution in [0, 0.1) is 6.92 Å². The molecular formula is C25H25N5O. The number of benzene rings is 2. The molecule has 4 aromatic rings. The number of hydrogen-bond donors (Lipinski definition) is 1. The molecule has 0 spiro atoms. The number of anilines is 2. The summed E-state index contributed by atoms with van der Waals surface area (Å²) in [5, 5.41) is 9.36. The molecule has 0 radical (unpaired) electrons. The second-order valence-electron chi connectivity index (χ2n) is 8.06. The lowest BCUT2D eigenvalue weighted by Gasteiger charge is -2.32. The molecule has 5 rings (SSSR count). The minimum atomic E-state index is -0.175.